The van der Waals surface area contributed by atoms with Crippen LogP contribution in [0.2, 0.25) is 0 Å². The largest absolute Gasteiger partial charge is 0.439 e. The van der Waals surface area contributed by atoms with Crippen molar-refractivity contribution in [1.82, 2.24) is 19.5 Å². The SMILES string of the molecule is O=S(=O)(Nc1ccc(Oc2cc(-n3ccnc3)ncn2)cc1)c1ccc(C(F)(F)F)cc1. The zero-order chi connectivity index (χ0) is 22.8. The maximum atomic E-state index is 12.7. The lowest BCUT2D eigenvalue weighted by molar-refractivity contribution is -0.137. The van der Waals surface area contributed by atoms with Gasteiger partial charge in [0.15, 0.2) is 0 Å². The van der Waals surface area contributed by atoms with E-state index in [-0.39, 0.29) is 16.5 Å². The van der Waals surface area contributed by atoms with Gasteiger partial charge in [-0.25, -0.2) is 23.4 Å². The molecule has 12 heteroatoms. The van der Waals surface area contributed by atoms with Crippen molar-refractivity contribution in [2.45, 2.75) is 11.1 Å². The molecule has 2 aromatic heterocycles. The molecule has 0 fully saturated rings. The van der Waals surface area contributed by atoms with E-state index in [0.717, 1.165) is 12.1 Å². The van der Waals surface area contributed by atoms with E-state index in [1.54, 1.807) is 29.4 Å². The molecule has 4 aromatic rings. The molecule has 0 unspecified atom stereocenters. The molecule has 0 saturated heterocycles. The van der Waals surface area contributed by atoms with E-state index in [4.69, 9.17) is 4.74 Å². The van der Waals surface area contributed by atoms with Crippen molar-refractivity contribution in [3.05, 3.63) is 85.2 Å². The molecule has 0 aliphatic heterocycles. The Bertz CT molecular complexity index is 1310. The normalized spacial score (nSPS) is 11.8. The third kappa shape index (κ3) is 4.86. The molecule has 0 atom stereocenters. The smallest absolute Gasteiger partial charge is 0.416 e. The molecule has 0 amide bonds. The molecule has 32 heavy (non-hydrogen) atoms. The summed E-state index contributed by atoms with van der Waals surface area (Å²) in [7, 11) is -4.07. The van der Waals surface area contributed by atoms with E-state index in [2.05, 4.69) is 19.7 Å². The fourth-order valence-corrected chi connectivity index (χ4v) is 3.73. The van der Waals surface area contributed by atoms with Crippen molar-refractivity contribution < 1.29 is 26.3 Å². The summed E-state index contributed by atoms with van der Waals surface area (Å²) in [6.45, 7) is 0. The number of hydrogen-bond donors (Lipinski definition) is 1. The standard InChI is InChI=1S/C20H14F3N5O3S/c21-20(22,23)14-1-7-17(8-2-14)32(29,30)27-15-3-5-16(6-4-15)31-19-11-18(25-12-26-19)28-10-9-24-13-28/h1-13,27H. The predicted octanol–water partition coefficient (Wildman–Crippen LogP) is 4.27. The van der Waals surface area contributed by atoms with E-state index in [9.17, 15) is 21.6 Å². The van der Waals surface area contributed by atoms with Gasteiger partial charge in [0.25, 0.3) is 10.0 Å². The summed E-state index contributed by atoms with van der Waals surface area (Å²) >= 11 is 0. The van der Waals surface area contributed by atoms with Crippen LogP contribution in [0.5, 0.6) is 11.6 Å². The Morgan fingerprint density at radius 3 is 2.31 bits per heavy atom. The third-order valence-corrected chi connectivity index (χ3v) is 5.61. The average Bonchev–Trinajstić information content (AvgIpc) is 3.30. The number of nitrogens with zero attached hydrogens (tertiary/aromatic N) is 4. The van der Waals surface area contributed by atoms with Gasteiger partial charge in [-0.1, -0.05) is 0 Å². The first kappa shape index (κ1) is 21.3. The van der Waals surface area contributed by atoms with Gasteiger partial charge in [0.05, 0.1) is 10.5 Å². The minimum Gasteiger partial charge on any atom is -0.439 e. The quantitative estimate of drug-likeness (QED) is 0.460. The Hall–Kier alpha value is -3.93. The first-order valence-corrected chi connectivity index (χ1v) is 10.5. The third-order valence-electron chi connectivity index (χ3n) is 4.22. The lowest BCUT2D eigenvalue weighted by Gasteiger charge is -2.11. The molecule has 8 nitrogen and oxygen atoms in total. The summed E-state index contributed by atoms with van der Waals surface area (Å²) in [6.07, 6.45) is 1.67. The number of imidazole rings is 1. The van der Waals surface area contributed by atoms with Crippen LogP contribution >= 0.6 is 0 Å². The van der Waals surface area contributed by atoms with Crippen LogP contribution in [0.15, 0.2) is 84.5 Å². The van der Waals surface area contributed by atoms with Crippen LogP contribution in [0.25, 0.3) is 5.82 Å². The van der Waals surface area contributed by atoms with Crippen molar-refractivity contribution in [2.75, 3.05) is 4.72 Å². The summed E-state index contributed by atoms with van der Waals surface area (Å²) in [4.78, 5) is 11.8. The molecular formula is C20H14F3N5O3S. The van der Waals surface area contributed by atoms with Crippen LogP contribution in [-0.2, 0) is 16.2 Å². The monoisotopic (exact) mass is 461 g/mol. The Kier molecular flexibility index (Phi) is 5.53. The van der Waals surface area contributed by atoms with Gasteiger partial charge in [-0.2, -0.15) is 13.2 Å². The fourth-order valence-electron chi connectivity index (χ4n) is 2.67. The molecule has 164 valence electrons. The second-order valence-corrected chi connectivity index (χ2v) is 8.12. The van der Waals surface area contributed by atoms with Gasteiger partial charge in [-0.15, -0.1) is 0 Å². The number of halogens is 3. The molecule has 2 heterocycles. The Balaban J connectivity index is 1.45. The van der Waals surface area contributed by atoms with Crippen molar-refractivity contribution in [1.29, 1.82) is 0 Å². The van der Waals surface area contributed by atoms with Gasteiger partial charge in [-0.3, -0.25) is 9.29 Å². The molecule has 0 bridgehead atoms. The van der Waals surface area contributed by atoms with Gasteiger partial charge < -0.3 is 4.74 Å². The van der Waals surface area contributed by atoms with Crippen molar-refractivity contribution in [2.24, 2.45) is 0 Å². The summed E-state index contributed by atoms with van der Waals surface area (Å²) in [5, 5.41) is 0. The van der Waals surface area contributed by atoms with Crippen LogP contribution < -0.4 is 9.46 Å². The van der Waals surface area contributed by atoms with Crippen molar-refractivity contribution in [3.8, 4) is 17.4 Å². The van der Waals surface area contributed by atoms with Crippen LogP contribution in [-0.4, -0.2) is 27.9 Å². The molecule has 2 aromatic carbocycles. The van der Waals surface area contributed by atoms with E-state index < -0.39 is 21.8 Å². The minimum atomic E-state index is -4.55. The molecular weight excluding hydrogens is 447 g/mol. The first-order valence-electron chi connectivity index (χ1n) is 8.99. The van der Waals surface area contributed by atoms with Crippen LogP contribution in [0.1, 0.15) is 5.56 Å². The van der Waals surface area contributed by atoms with Gasteiger partial charge >= 0.3 is 6.18 Å². The number of anilines is 1. The van der Waals surface area contributed by atoms with Gasteiger partial charge in [-0.05, 0) is 48.5 Å². The molecule has 0 radical (unpaired) electrons. The second kappa shape index (κ2) is 8.30. The molecule has 0 aliphatic rings. The molecule has 4 rings (SSSR count). The van der Waals surface area contributed by atoms with Crippen LogP contribution in [0.4, 0.5) is 18.9 Å². The number of hydrogen-bond acceptors (Lipinski definition) is 6. The highest BCUT2D eigenvalue weighted by Crippen LogP contribution is 2.30. The molecule has 0 aliphatic carbocycles. The minimum absolute atomic E-state index is 0.207. The zero-order valence-electron chi connectivity index (χ0n) is 16.1. The molecule has 0 spiro atoms. The highest BCUT2D eigenvalue weighted by molar-refractivity contribution is 7.92. The average molecular weight is 461 g/mol. The molecule has 0 saturated carbocycles. The first-order chi connectivity index (χ1) is 15.2. The van der Waals surface area contributed by atoms with Gasteiger partial charge in [0.2, 0.25) is 5.88 Å². The van der Waals surface area contributed by atoms with E-state index in [1.807, 2.05) is 0 Å². The van der Waals surface area contributed by atoms with Crippen LogP contribution in [0, 0.1) is 0 Å². The Labute approximate surface area is 180 Å². The Morgan fingerprint density at radius 2 is 1.69 bits per heavy atom. The van der Waals surface area contributed by atoms with Crippen LogP contribution in [0.3, 0.4) is 0 Å². The van der Waals surface area contributed by atoms with Gasteiger partial charge in [0.1, 0.15) is 24.2 Å². The predicted molar refractivity (Wildman–Crippen MR) is 108 cm³/mol. The van der Waals surface area contributed by atoms with Crippen molar-refractivity contribution in [3.63, 3.8) is 0 Å². The second-order valence-electron chi connectivity index (χ2n) is 6.44. The van der Waals surface area contributed by atoms with E-state index >= 15 is 0 Å². The number of alkyl halides is 3. The fraction of sp³-hybridized carbons (Fsp3) is 0.0500. The highest BCUT2D eigenvalue weighted by Gasteiger charge is 2.30. The summed E-state index contributed by atoms with van der Waals surface area (Å²) in [5.74, 6) is 1.20. The summed E-state index contributed by atoms with van der Waals surface area (Å²) in [6, 6.07) is 10.8. The maximum absolute atomic E-state index is 12.7. The van der Waals surface area contributed by atoms with E-state index in [0.29, 0.717) is 23.7 Å². The summed E-state index contributed by atoms with van der Waals surface area (Å²) < 4.78 is 72.5. The Morgan fingerprint density at radius 1 is 0.969 bits per heavy atom. The van der Waals surface area contributed by atoms with E-state index in [1.165, 1.54) is 30.6 Å². The lowest BCUT2D eigenvalue weighted by atomic mass is 10.2. The van der Waals surface area contributed by atoms with Crippen molar-refractivity contribution >= 4 is 15.7 Å². The maximum Gasteiger partial charge on any atom is 0.416 e. The number of ether oxygens (including phenoxy) is 1. The van der Waals surface area contributed by atoms with Gasteiger partial charge in [0, 0.05) is 24.1 Å². The zero-order valence-corrected chi connectivity index (χ0v) is 16.9. The number of aromatic nitrogens is 4. The lowest BCUT2D eigenvalue weighted by Crippen LogP contribution is -2.13. The summed E-state index contributed by atoms with van der Waals surface area (Å²) in [5.41, 5.74) is -0.724. The topological polar surface area (TPSA) is 99.0 Å². The number of benzene rings is 2. The molecule has 1 N–H and O–H groups in total. The number of nitrogens with one attached hydrogen (secondary N) is 1. The number of rotatable bonds is 6. The number of sulfonamides is 1. The highest BCUT2D eigenvalue weighted by atomic mass is 32.2.